The lowest BCUT2D eigenvalue weighted by molar-refractivity contribution is -0.129. The Balaban J connectivity index is 1.93. The van der Waals surface area contributed by atoms with Gasteiger partial charge in [-0.25, -0.2) is 0 Å². The molecule has 5 nitrogen and oxygen atoms in total. The smallest absolute Gasteiger partial charge is 0.290 e. The number of rotatable bonds is 8. The summed E-state index contributed by atoms with van der Waals surface area (Å²) in [5.41, 5.74) is 1.69. The third-order valence-electron chi connectivity index (χ3n) is 4.99. The molecule has 0 bridgehead atoms. The lowest BCUT2D eigenvalue weighted by Gasteiger charge is -2.27. The molecule has 2 aromatic carbocycles. The van der Waals surface area contributed by atoms with Crippen LogP contribution in [0.1, 0.15) is 23.6 Å². The van der Waals surface area contributed by atoms with Gasteiger partial charge in [-0.2, -0.15) is 0 Å². The molecule has 0 aliphatic carbocycles. The lowest BCUT2D eigenvalue weighted by Crippen LogP contribution is -2.33. The zero-order valence-corrected chi connectivity index (χ0v) is 17.8. The van der Waals surface area contributed by atoms with Crippen molar-refractivity contribution >= 4 is 29.4 Å². The zero-order chi connectivity index (χ0) is 21.7. The first-order valence-electron chi connectivity index (χ1n) is 9.80. The summed E-state index contributed by atoms with van der Waals surface area (Å²) in [5.74, 6) is -1.40. The number of nitrogens with zero attached hydrogens (tertiary/aromatic N) is 2. The van der Waals surface area contributed by atoms with Gasteiger partial charge in [-0.15, -0.1) is 0 Å². The second kappa shape index (κ2) is 9.74. The molecule has 3 rings (SSSR count). The summed E-state index contributed by atoms with van der Waals surface area (Å²) in [6, 6.07) is 15.8. The second-order valence-electron chi connectivity index (χ2n) is 7.48. The van der Waals surface area contributed by atoms with E-state index in [1.54, 1.807) is 35.2 Å². The van der Waals surface area contributed by atoms with Crippen molar-refractivity contribution in [2.75, 3.05) is 27.2 Å². The van der Waals surface area contributed by atoms with Gasteiger partial charge in [0.05, 0.1) is 11.6 Å². The molecule has 0 saturated heterocycles. The SMILES string of the molecule is CN(C)CCCN1C(=O)C(O)=C(C(=O)/C=C/c2ccccc2)C1c1ccc(Cl)cc1. The van der Waals surface area contributed by atoms with Crippen LogP contribution < -0.4 is 0 Å². The van der Waals surface area contributed by atoms with Crippen LogP contribution in [0.2, 0.25) is 5.02 Å². The monoisotopic (exact) mass is 424 g/mol. The number of benzene rings is 2. The molecule has 1 amide bonds. The van der Waals surface area contributed by atoms with Gasteiger partial charge < -0.3 is 14.9 Å². The topological polar surface area (TPSA) is 60.9 Å². The van der Waals surface area contributed by atoms with Crippen LogP contribution in [0.15, 0.2) is 72.0 Å². The number of carbonyl (C=O) groups excluding carboxylic acids is 2. The Bertz CT molecular complexity index is 966. The molecule has 1 atom stereocenters. The van der Waals surface area contributed by atoms with E-state index in [4.69, 9.17) is 11.6 Å². The van der Waals surface area contributed by atoms with Gasteiger partial charge in [0, 0.05) is 11.6 Å². The Morgan fingerprint density at radius 3 is 2.43 bits per heavy atom. The molecule has 1 heterocycles. The Labute approximate surface area is 181 Å². The van der Waals surface area contributed by atoms with E-state index >= 15 is 0 Å². The molecule has 6 heteroatoms. The summed E-state index contributed by atoms with van der Waals surface area (Å²) in [7, 11) is 3.92. The van der Waals surface area contributed by atoms with Crippen molar-refractivity contribution in [1.82, 2.24) is 9.80 Å². The highest BCUT2D eigenvalue weighted by Gasteiger charge is 2.42. The number of halogens is 1. The number of carbonyl (C=O) groups is 2. The normalized spacial score (nSPS) is 16.9. The highest BCUT2D eigenvalue weighted by Crippen LogP contribution is 2.38. The summed E-state index contributed by atoms with van der Waals surface area (Å²) in [5, 5.41) is 11.1. The van der Waals surface area contributed by atoms with Gasteiger partial charge in [0.1, 0.15) is 0 Å². The molecular formula is C24H25ClN2O3. The fraction of sp³-hybridized carbons (Fsp3) is 0.250. The average Bonchev–Trinajstić information content (AvgIpc) is 2.98. The summed E-state index contributed by atoms with van der Waals surface area (Å²) < 4.78 is 0. The Morgan fingerprint density at radius 1 is 1.13 bits per heavy atom. The van der Waals surface area contributed by atoms with Crippen LogP contribution in [0.3, 0.4) is 0 Å². The van der Waals surface area contributed by atoms with E-state index in [0.29, 0.717) is 11.6 Å². The van der Waals surface area contributed by atoms with Crippen LogP contribution in [0, 0.1) is 0 Å². The maximum atomic E-state index is 13.0. The first kappa shape index (κ1) is 21.8. The van der Waals surface area contributed by atoms with E-state index in [1.165, 1.54) is 6.08 Å². The van der Waals surface area contributed by atoms with E-state index in [9.17, 15) is 14.7 Å². The maximum absolute atomic E-state index is 13.0. The zero-order valence-electron chi connectivity index (χ0n) is 17.1. The molecule has 0 saturated carbocycles. The van der Waals surface area contributed by atoms with Crippen LogP contribution >= 0.6 is 11.6 Å². The fourth-order valence-electron chi connectivity index (χ4n) is 3.51. The Morgan fingerprint density at radius 2 is 1.80 bits per heavy atom. The number of aliphatic hydroxyl groups excluding tert-OH is 1. The molecule has 1 aliphatic rings. The van der Waals surface area contributed by atoms with Crippen molar-refractivity contribution in [1.29, 1.82) is 0 Å². The summed E-state index contributed by atoms with van der Waals surface area (Å²) >= 11 is 6.02. The predicted molar refractivity (Wildman–Crippen MR) is 119 cm³/mol. The molecule has 30 heavy (non-hydrogen) atoms. The third kappa shape index (κ3) is 4.99. The van der Waals surface area contributed by atoms with Gasteiger partial charge >= 0.3 is 0 Å². The lowest BCUT2D eigenvalue weighted by atomic mass is 9.95. The fourth-order valence-corrected chi connectivity index (χ4v) is 3.64. The van der Waals surface area contributed by atoms with Crippen molar-refractivity contribution in [3.8, 4) is 0 Å². The Hall–Kier alpha value is -2.89. The van der Waals surface area contributed by atoms with Gasteiger partial charge in [0.2, 0.25) is 0 Å². The number of hydrogen-bond donors (Lipinski definition) is 1. The van der Waals surface area contributed by atoms with Crippen molar-refractivity contribution in [2.45, 2.75) is 12.5 Å². The van der Waals surface area contributed by atoms with Crippen LogP contribution in [0.25, 0.3) is 6.08 Å². The minimum atomic E-state index is -0.648. The van der Waals surface area contributed by atoms with E-state index in [0.717, 1.165) is 24.1 Å². The first-order chi connectivity index (χ1) is 14.4. The van der Waals surface area contributed by atoms with Crippen molar-refractivity contribution in [3.63, 3.8) is 0 Å². The largest absolute Gasteiger partial charge is 0.503 e. The molecular weight excluding hydrogens is 400 g/mol. The van der Waals surface area contributed by atoms with Gasteiger partial charge in [0.25, 0.3) is 5.91 Å². The quantitative estimate of drug-likeness (QED) is 0.643. The van der Waals surface area contributed by atoms with E-state index in [2.05, 4.69) is 0 Å². The van der Waals surface area contributed by atoms with Crippen LogP contribution in [-0.2, 0) is 9.59 Å². The van der Waals surface area contributed by atoms with Gasteiger partial charge in [-0.05, 0) is 56.4 Å². The number of hydrogen-bond acceptors (Lipinski definition) is 4. The molecule has 1 aliphatic heterocycles. The van der Waals surface area contributed by atoms with Crippen LogP contribution in [0.4, 0.5) is 0 Å². The molecule has 156 valence electrons. The Kier molecular flexibility index (Phi) is 7.08. The summed E-state index contributed by atoms with van der Waals surface area (Å²) in [6.45, 7) is 1.21. The molecule has 0 aromatic heterocycles. The molecule has 0 fully saturated rings. The third-order valence-corrected chi connectivity index (χ3v) is 5.24. The molecule has 1 N–H and O–H groups in total. The summed E-state index contributed by atoms with van der Waals surface area (Å²) in [6.07, 6.45) is 3.80. The van der Waals surface area contributed by atoms with E-state index < -0.39 is 17.7 Å². The van der Waals surface area contributed by atoms with Crippen molar-refractivity contribution in [3.05, 3.63) is 88.2 Å². The van der Waals surface area contributed by atoms with Gasteiger partial charge in [-0.3, -0.25) is 9.59 Å². The first-order valence-corrected chi connectivity index (χ1v) is 10.2. The minimum Gasteiger partial charge on any atom is -0.503 e. The second-order valence-corrected chi connectivity index (χ2v) is 7.92. The number of aliphatic hydroxyl groups is 1. The molecule has 0 spiro atoms. The number of amides is 1. The van der Waals surface area contributed by atoms with Crippen LogP contribution in [-0.4, -0.2) is 53.8 Å². The van der Waals surface area contributed by atoms with Crippen LogP contribution in [0.5, 0.6) is 0 Å². The minimum absolute atomic E-state index is 0.0966. The molecule has 0 radical (unpaired) electrons. The molecule has 2 aromatic rings. The van der Waals surface area contributed by atoms with Crippen molar-refractivity contribution < 1.29 is 14.7 Å². The maximum Gasteiger partial charge on any atom is 0.290 e. The number of ketones is 1. The highest BCUT2D eigenvalue weighted by molar-refractivity contribution is 6.30. The average molecular weight is 425 g/mol. The molecule has 1 unspecified atom stereocenters. The number of allylic oxidation sites excluding steroid dienone is 1. The highest BCUT2D eigenvalue weighted by atomic mass is 35.5. The van der Waals surface area contributed by atoms with E-state index in [-0.39, 0.29) is 11.4 Å². The van der Waals surface area contributed by atoms with Crippen molar-refractivity contribution in [2.24, 2.45) is 0 Å². The van der Waals surface area contributed by atoms with E-state index in [1.807, 2.05) is 49.3 Å². The standard InChI is InChI=1S/C24H25ClN2O3/c1-26(2)15-6-16-27-22(18-10-12-19(25)13-11-18)21(23(29)24(27)30)20(28)14-9-17-7-4-3-5-8-17/h3-5,7-14,22,29H,6,15-16H2,1-2H3/b14-9+. The van der Waals surface area contributed by atoms with Gasteiger partial charge in [0.15, 0.2) is 11.5 Å². The predicted octanol–water partition coefficient (Wildman–Crippen LogP) is 4.27. The van der Waals surface area contributed by atoms with Gasteiger partial charge in [-0.1, -0.05) is 60.1 Å². The summed E-state index contributed by atoms with van der Waals surface area (Å²) in [4.78, 5) is 29.4.